The highest BCUT2D eigenvalue weighted by Gasteiger charge is 2.12. The lowest BCUT2D eigenvalue weighted by atomic mass is 10.2. The molecule has 0 bridgehead atoms. The quantitative estimate of drug-likeness (QED) is 0.532. The Kier molecular flexibility index (Phi) is 7.20. The van der Waals surface area contributed by atoms with E-state index < -0.39 is 11.8 Å². The van der Waals surface area contributed by atoms with Gasteiger partial charge in [-0.2, -0.15) is 0 Å². The topological polar surface area (TPSA) is 79.5 Å². The number of hydrogen-bond acceptors (Lipinski definition) is 4. The second-order valence-electron chi connectivity index (χ2n) is 5.13. The van der Waals surface area contributed by atoms with Gasteiger partial charge in [0, 0.05) is 5.02 Å². The zero-order valence-corrected chi connectivity index (χ0v) is 16.0. The number of halogens is 2. The Balaban J connectivity index is 1.78. The molecular weight excluding hydrogens is 397 g/mol. The molecule has 9 heteroatoms. The first-order valence-corrected chi connectivity index (χ1v) is 8.57. The Hall–Kier alpha value is -2.35. The highest BCUT2D eigenvalue weighted by atomic mass is 35.5. The summed E-state index contributed by atoms with van der Waals surface area (Å²) in [7, 11) is 0. The molecule has 136 valence electrons. The van der Waals surface area contributed by atoms with Gasteiger partial charge in [0.1, 0.15) is 5.75 Å². The fourth-order valence-corrected chi connectivity index (χ4v) is 2.54. The summed E-state index contributed by atoms with van der Waals surface area (Å²) in [6.07, 6.45) is 0. The Labute approximate surface area is 165 Å². The van der Waals surface area contributed by atoms with E-state index in [1.165, 1.54) is 18.2 Å². The number of carbonyl (C=O) groups is 2. The highest BCUT2D eigenvalue weighted by molar-refractivity contribution is 7.80. The number of carbonyl (C=O) groups excluding carboxylic acids is 2. The molecule has 0 heterocycles. The highest BCUT2D eigenvalue weighted by Crippen LogP contribution is 2.20. The SMILES string of the molecule is Cc1ccccc1OCC(=O)NNC(=S)NC(=O)c1ccc(Cl)cc1Cl. The van der Waals surface area contributed by atoms with Gasteiger partial charge in [-0.05, 0) is 49.0 Å². The van der Waals surface area contributed by atoms with Crippen LogP contribution in [0, 0.1) is 6.92 Å². The number of amides is 2. The fraction of sp³-hybridized carbons (Fsp3) is 0.118. The number of aryl methyl sites for hydroxylation is 1. The molecule has 2 rings (SSSR count). The number of hydrazine groups is 1. The Morgan fingerprint density at radius 3 is 2.54 bits per heavy atom. The van der Waals surface area contributed by atoms with E-state index in [0.717, 1.165) is 5.56 Å². The number of rotatable bonds is 4. The van der Waals surface area contributed by atoms with Crippen LogP contribution in [0.25, 0.3) is 0 Å². The average Bonchev–Trinajstić information content (AvgIpc) is 2.59. The zero-order valence-electron chi connectivity index (χ0n) is 13.6. The molecule has 0 saturated heterocycles. The summed E-state index contributed by atoms with van der Waals surface area (Å²) in [6.45, 7) is 1.66. The molecule has 0 aliphatic heterocycles. The van der Waals surface area contributed by atoms with Crippen LogP contribution in [0.4, 0.5) is 0 Å². The molecule has 3 N–H and O–H groups in total. The van der Waals surface area contributed by atoms with E-state index >= 15 is 0 Å². The van der Waals surface area contributed by atoms with Gasteiger partial charge in [-0.3, -0.25) is 25.8 Å². The minimum absolute atomic E-state index is 0.0924. The molecule has 2 aromatic rings. The van der Waals surface area contributed by atoms with Gasteiger partial charge in [0.05, 0.1) is 10.6 Å². The molecule has 2 aromatic carbocycles. The molecule has 26 heavy (non-hydrogen) atoms. The van der Waals surface area contributed by atoms with Crippen LogP contribution in [0.3, 0.4) is 0 Å². The van der Waals surface area contributed by atoms with E-state index in [0.29, 0.717) is 10.8 Å². The fourth-order valence-electron chi connectivity index (χ4n) is 1.90. The van der Waals surface area contributed by atoms with Crippen molar-refractivity contribution in [1.82, 2.24) is 16.2 Å². The summed E-state index contributed by atoms with van der Waals surface area (Å²) in [4.78, 5) is 23.8. The second kappa shape index (κ2) is 9.38. The minimum atomic E-state index is -0.533. The van der Waals surface area contributed by atoms with E-state index in [-0.39, 0.29) is 22.3 Å². The van der Waals surface area contributed by atoms with Crippen LogP contribution in [0.2, 0.25) is 10.0 Å². The third-order valence-corrected chi connectivity index (χ3v) is 3.92. The summed E-state index contributed by atoms with van der Waals surface area (Å²) >= 11 is 16.7. The van der Waals surface area contributed by atoms with Gasteiger partial charge in [-0.1, -0.05) is 41.4 Å². The van der Waals surface area contributed by atoms with Crippen LogP contribution >= 0.6 is 35.4 Å². The van der Waals surface area contributed by atoms with Crippen molar-refractivity contribution in [2.75, 3.05) is 6.61 Å². The summed E-state index contributed by atoms with van der Waals surface area (Å²) in [5, 5.41) is 2.90. The second-order valence-corrected chi connectivity index (χ2v) is 6.39. The Morgan fingerprint density at radius 2 is 1.85 bits per heavy atom. The van der Waals surface area contributed by atoms with Gasteiger partial charge in [0.25, 0.3) is 11.8 Å². The van der Waals surface area contributed by atoms with Crippen LogP contribution < -0.4 is 20.9 Å². The lowest BCUT2D eigenvalue weighted by molar-refractivity contribution is -0.123. The largest absolute Gasteiger partial charge is 0.483 e. The lowest BCUT2D eigenvalue weighted by Gasteiger charge is -2.12. The van der Waals surface area contributed by atoms with Crippen LogP contribution in [0.1, 0.15) is 15.9 Å². The summed E-state index contributed by atoms with van der Waals surface area (Å²) in [6, 6.07) is 11.8. The van der Waals surface area contributed by atoms with Crippen molar-refractivity contribution in [2.45, 2.75) is 6.92 Å². The first kappa shape index (κ1) is 20.0. The normalized spacial score (nSPS) is 9.96. The van der Waals surface area contributed by atoms with Crippen LogP contribution in [-0.4, -0.2) is 23.5 Å². The molecule has 0 fully saturated rings. The summed E-state index contributed by atoms with van der Waals surface area (Å²) < 4.78 is 5.40. The monoisotopic (exact) mass is 411 g/mol. The Morgan fingerprint density at radius 1 is 1.12 bits per heavy atom. The van der Waals surface area contributed by atoms with Crippen molar-refractivity contribution >= 4 is 52.3 Å². The zero-order chi connectivity index (χ0) is 19.1. The number of ether oxygens (including phenoxy) is 1. The van der Waals surface area contributed by atoms with Gasteiger partial charge < -0.3 is 4.74 Å². The lowest BCUT2D eigenvalue weighted by Crippen LogP contribution is -2.49. The van der Waals surface area contributed by atoms with Crippen molar-refractivity contribution in [3.05, 3.63) is 63.6 Å². The van der Waals surface area contributed by atoms with Crippen LogP contribution in [0.15, 0.2) is 42.5 Å². The number of hydrogen-bond donors (Lipinski definition) is 3. The van der Waals surface area contributed by atoms with Gasteiger partial charge in [0.15, 0.2) is 11.7 Å². The van der Waals surface area contributed by atoms with Crippen molar-refractivity contribution < 1.29 is 14.3 Å². The van der Waals surface area contributed by atoms with Crippen molar-refractivity contribution in [3.63, 3.8) is 0 Å². The first-order valence-electron chi connectivity index (χ1n) is 7.40. The molecule has 0 spiro atoms. The smallest absolute Gasteiger partial charge is 0.276 e. The molecule has 2 amide bonds. The van der Waals surface area contributed by atoms with E-state index in [9.17, 15) is 9.59 Å². The van der Waals surface area contributed by atoms with Crippen LogP contribution in [0.5, 0.6) is 5.75 Å². The predicted octanol–water partition coefficient (Wildman–Crippen LogP) is 3.02. The predicted molar refractivity (Wildman–Crippen MR) is 104 cm³/mol. The van der Waals surface area contributed by atoms with Gasteiger partial charge in [0.2, 0.25) is 0 Å². The van der Waals surface area contributed by atoms with Gasteiger partial charge >= 0.3 is 0 Å². The molecule has 0 unspecified atom stereocenters. The van der Waals surface area contributed by atoms with Crippen molar-refractivity contribution in [2.24, 2.45) is 0 Å². The third kappa shape index (κ3) is 5.87. The minimum Gasteiger partial charge on any atom is -0.483 e. The summed E-state index contributed by atoms with van der Waals surface area (Å²) in [5.74, 6) is -0.389. The maximum Gasteiger partial charge on any atom is 0.276 e. The number of para-hydroxylation sites is 1. The van der Waals surface area contributed by atoms with Crippen molar-refractivity contribution in [1.29, 1.82) is 0 Å². The van der Waals surface area contributed by atoms with Crippen molar-refractivity contribution in [3.8, 4) is 5.75 Å². The van der Waals surface area contributed by atoms with Gasteiger partial charge in [-0.15, -0.1) is 0 Å². The molecule has 0 aliphatic rings. The molecule has 0 aliphatic carbocycles. The average molecular weight is 412 g/mol. The number of thiocarbonyl (C=S) groups is 1. The standard InChI is InChI=1S/C17H15Cl2N3O3S/c1-10-4-2-3-5-14(10)25-9-15(23)21-22-17(26)20-16(24)12-7-6-11(18)8-13(12)19/h2-8H,9H2,1H3,(H,21,23)(H2,20,22,24,26). The summed E-state index contributed by atoms with van der Waals surface area (Å²) in [5.41, 5.74) is 5.86. The van der Waals surface area contributed by atoms with E-state index in [1.807, 2.05) is 25.1 Å². The maximum atomic E-state index is 12.1. The molecular formula is C17H15Cl2N3O3S. The third-order valence-electron chi connectivity index (χ3n) is 3.17. The van der Waals surface area contributed by atoms with Gasteiger partial charge in [-0.25, -0.2) is 0 Å². The van der Waals surface area contributed by atoms with E-state index in [1.54, 1.807) is 6.07 Å². The van der Waals surface area contributed by atoms with Crippen LogP contribution in [-0.2, 0) is 4.79 Å². The number of nitrogens with one attached hydrogen (secondary N) is 3. The molecule has 6 nitrogen and oxygen atoms in total. The first-order chi connectivity index (χ1) is 12.4. The van der Waals surface area contributed by atoms with E-state index in [2.05, 4.69) is 16.2 Å². The molecule has 0 atom stereocenters. The molecule has 0 radical (unpaired) electrons. The number of benzene rings is 2. The maximum absolute atomic E-state index is 12.1. The Bertz CT molecular complexity index is 846. The molecule has 0 aromatic heterocycles. The molecule has 0 saturated carbocycles. The van der Waals surface area contributed by atoms with E-state index in [4.69, 9.17) is 40.2 Å².